The predicted octanol–water partition coefficient (Wildman–Crippen LogP) is 0.0532. The molecule has 1 aromatic carbocycles. The van der Waals surface area contributed by atoms with Gasteiger partial charge in [-0.1, -0.05) is 49.6 Å². The van der Waals surface area contributed by atoms with Gasteiger partial charge in [0.05, 0.1) is 12.1 Å². The highest BCUT2D eigenvalue weighted by atomic mass is 32.2. The molecule has 2 aromatic rings. The molecular weight excluding hydrogens is 407 g/mol. The second-order valence-corrected chi connectivity index (χ2v) is 9.13. The van der Waals surface area contributed by atoms with Crippen LogP contribution in [0.5, 0.6) is 0 Å². The molecule has 0 spiro atoms. The first-order valence-corrected chi connectivity index (χ1v) is 11.3. The van der Waals surface area contributed by atoms with E-state index in [0.717, 1.165) is 31.0 Å². The largest absolute Gasteiger partial charge is 0.475 e. The van der Waals surface area contributed by atoms with Crippen molar-refractivity contribution in [2.75, 3.05) is 0 Å². The predicted molar refractivity (Wildman–Crippen MR) is 110 cm³/mol. The average Bonchev–Trinajstić information content (AvgIpc) is 2.70. The highest BCUT2D eigenvalue weighted by Crippen LogP contribution is 2.30. The van der Waals surface area contributed by atoms with Crippen molar-refractivity contribution < 1.29 is 23.3 Å². The van der Waals surface area contributed by atoms with Crippen LogP contribution < -0.4 is 10.0 Å². The molecule has 4 N–H and O–H groups in total. The maximum atomic E-state index is 13.0. The van der Waals surface area contributed by atoms with E-state index in [9.17, 15) is 23.3 Å². The van der Waals surface area contributed by atoms with Crippen LogP contribution in [-0.2, 0) is 21.2 Å². The third-order valence-corrected chi connectivity index (χ3v) is 6.57. The molecule has 0 aliphatic heterocycles. The topological polar surface area (TPSA) is 142 Å². The quantitative estimate of drug-likeness (QED) is 0.389. The molecule has 1 fully saturated rings. The van der Waals surface area contributed by atoms with Crippen molar-refractivity contribution in [3.63, 3.8) is 0 Å². The Hall–Kier alpha value is -2.34. The van der Waals surface area contributed by atoms with Crippen molar-refractivity contribution >= 4 is 23.0 Å². The zero-order chi connectivity index (χ0) is 21.6. The summed E-state index contributed by atoms with van der Waals surface area (Å²) in [4.78, 5) is 20.5. The van der Waals surface area contributed by atoms with Gasteiger partial charge in [-0.05, 0) is 24.3 Å². The van der Waals surface area contributed by atoms with Crippen LogP contribution in [0.2, 0.25) is 0 Å². The lowest BCUT2D eigenvalue weighted by atomic mass is 9.69. The number of carbonyl (C=O) groups excluding carboxylic acids is 1. The number of rotatable bonds is 10. The summed E-state index contributed by atoms with van der Waals surface area (Å²) in [5, 5.41) is 21.7. The Morgan fingerprint density at radius 2 is 1.93 bits per heavy atom. The van der Waals surface area contributed by atoms with Gasteiger partial charge in [0, 0.05) is 12.4 Å². The zero-order valence-corrected chi connectivity index (χ0v) is 17.2. The molecule has 0 unspecified atom stereocenters. The molecular formula is C19H25BN4O5S. The van der Waals surface area contributed by atoms with Crippen LogP contribution in [0, 0.1) is 5.92 Å². The fourth-order valence-corrected chi connectivity index (χ4v) is 4.42. The van der Waals surface area contributed by atoms with Gasteiger partial charge >= 0.3 is 7.12 Å². The molecule has 1 aliphatic rings. The fraction of sp³-hybridized carbons (Fsp3) is 0.421. The van der Waals surface area contributed by atoms with Crippen LogP contribution in [0.1, 0.15) is 31.2 Å². The average molecular weight is 432 g/mol. The minimum absolute atomic E-state index is 0.0871. The van der Waals surface area contributed by atoms with E-state index in [1.807, 2.05) is 6.07 Å². The third-order valence-electron chi connectivity index (χ3n) is 5.21. The van der Waals surface area contributed by atoms with Gasteiger partial charge in [0.25, 0.3) is 10.0 Å². The lowest BCUT2D eigenvalue weighted by Crippen LogP contribution is -2.55. The van der Waals surface area contributed by atoms with Crippen molar-refractivity contribution in [1.82, 2.24) is 20.0 Å². The molecule has 0 bridgehead atoms. The lowest BCUT2D eigenvalue weighted by molar-refractivity contribution is -0.123. The van der Waals surface area contributed by atoms with E-state index >= 15 is 0 Å². The molecule has 9 nitrogen and oxygen atoms in total. The summed E-state index contributed by atoms with van der Waals surface area (Å²) in [6.07, 6.45) is 7.25. The second-order valence-electron chi connectivity index (χ2n) is 7.47. The molecule has 0 saturated heterocycles. The number of hydrogen-bond acceptors (Lipinski definition) is 7. The summed E-state index contributed by atoms with van der Waals surface area (Å²) >= 11 is 0. The van der Waals surface area contributed by atoms with Crippen LogP contribution in [0.15, 0.2) is 53.9 Å². The highest BCUT2D eigenvalue weighted by molar-refractivity contribution is 7.89. The number of carbonyl (C=O) groups is 1. The Morgan fingerprint density at radius 3 is 2.50 bits per heavy atom. The molecule has 2 atom stereocenters. The number of hydrogen-bond donors (Lipinski definition) is 4. The Kier molecular flexibility index (Phi) is 7.54. The van der Waals surface area contributed by atoms with E-state index < -0.39 is 35.0 Å². The van der Waals surface area contributed by atoms with Gasteiger partial charge in [-0.3, -0.25) is 9.78 Å². The van der Waals surface area contributed by atoms with Gasteiger partial charge in [-0.2, -0.15) is 4.72 Å². The highest BCUT2D eigenvalue weighted by Gasteiger charge is 2.34. The minimum Gasteiger partial charge on any atom is -0.426 e. The Balaban J connectivity index is 1.78. The monoisotopic (exact) mass is 432 g/mol. The maximum absolute atomic E-state index is 13.0. The first kappa shape index (κ1) is 22.4. The molecule has 0 radical (unpaired) electrons. The normalized spacial score (nSPS) is 16.3. The number of sulfonamides is 1. The number of nitrogens with one attached hydrogen (secondary N) is 2. The molecule has 160 valence electrons. The van der Waals surface area contributed by atoms with Gasteiger partial charge in [0.1, 0.15) is 6.04 Å². The summed E-state index contributed by atoms with van der Waals surface area (Å²) in [5.74, 6) is -1.19. The van der Waals surface area contributed by atoms with Gasteiger partial charge in [-0.15, -0.1) is 0 Å². The van der Waals surface area contributed by atoms with Gasteiger partial charge in [0.15, 0.2) is 5.03 Å². The molecule has 30 heavy (non-hydrogen) atoms. The fourth-order valence-electron chi connectivity index (χ4n) is 3.34. The number of amides is 1. The molecule has 3 rings (SSSR count). The number of aromatic nitrogens is 2. The first-order valence-electron chi connectivity index (χ1n) is 9.84. The van der Waals surface area contributed by atoms with Crippen molar-refractivity contribution in [1.29, 1.82) is 0 Å². The maximum Gasteiger partial charge on any atom is 0.475 e. The summed E-state index contributed by atoms with van der Waals surface area (Å²) in [5.41, 5.74) is 0.750. The van der Waals surface area contributed by atoms with Gasteiger partial charge < -0.3 is 15.4 Å². The lowest BCUT2D eigenvalue weighted by Gasteiger charge is -2.30. The Morgan fingerprint density at radius 1 is 1.20 bits per heavy atom. The summed E-state index contributed by atoms with van der Waals surface area (Å²) in [6.45, 7) is 0. The van der Waals surface area contributed by atoms with Crippen LogP contribution in [-0.4, -0.2) is 53.4 Å². The SMILES string of the molecule is O=C(N[C@@H](CC1CCC1)B(O)O)[C@H](Cc1ccccc1)NS(=O)(=O)c1cnccn1. The number of nitrogens with zero attached hydrogens (tertiary/aromatic N) is 2. The van der Waals surface area contributed by atoms with E-state index in [1.165, 1.54) is 12.4 Å². The van der Waals surface area contributed by atoms with Gasteiger partial charge in [0.2, 0.25) is 5.91 Å². The molecule has 1 aliphatic carbocycles. The van der Waals surface area contributed by atoms with Crippen molar-refractivity contribution in [2.45, 2.75) is 49.1 Å². The Bertz CT molecular complexity index is 926. The van der Waals surface area contributed by atoms with Gasteiger partial charge in [-0.25, -0.2) is 13.4 Å². The van der Waals surface area contributed by atoms with E-state index in [4.69, 9.17) is 0 Å². The van der Waals surface area contributed by atoms with Crippen LogP contribution in [0.4, 0.5) is 0 Å². The van der Waals surface area contributed by atoms with Crippen LogP contribution in [0.25, 0.3) is 0 Å². The summed E-state index contributed by atoms with van der Waals surface area (Å²) in [7, 11) is -5.84. The Labute approximate surface area is 176 Å². The van der Waals surface area contributed by atoms with E-state index in [-0.39, 0.29) is 11.4 Å². The first-order chi connectivity index (χ1) is 14.3. The molecule has 11 heteroatoms. The minimum atomic E-state index is -4.11. The summed E-state index contributed by atoms with van der Waals surface area (Å²) in [6, 6.07) is 7.80. The van der Waals surface area contributed by atoms with Crippen LogP contribution in [0.3, 0.4) is 0 Å². The van der Waals surface area contributed by atoms with E-state index in [0.29, 0.717) is 12.3 Å². The van der Waals surface area contributed by atoms with Crippen molar-refractivity contribution in [2.24, 2.45) is 5.92 Å². The number of benzene rings is 1. The second kappa shape index (κ2) is 10.1. The smallest absolute Gasteiger partial charge is 0.426 e. The summed E-state index contributed by atoms with van der Waals surface area (Å²) < 4.78 is 27.8. The standard InChI is InChI=1S/C19H25BN4O5S/c25-19(23-17(20(26)27)12-15-7-4-8-15)16(11-14-5-2-1-3-6-14)24-30(28,29)18-13-21-9-10-22-18/h1-3,5-6,9-10,13,15-17,24,26-27H,4,7-8,11-12H2,(H,23,25)/t16-,17-/m0/s1. The molecule has 1 saturated carbocycles. The molecule has 1 heterocycles. The third kappa shape index (κ3) is 6.08. The van der Waals surface area contributed by atoms with E-state index in [1.54, 1.807) is 24.3 Å². The molecule has 1 aromatic heterocycles. The van der Waals surface area contributed by atoms with Crippen LogP contribution >= 0.6 is 0 Å². The molecule has 1 amide bonds. The zero-order valence-electron chi connectivity index (χ0n) is 16.4. The van der Waals surface area contributed by atoms with Crippen molar-refractivity contribution in [3.05, 3.63) is 54.5 Å². The van der Waals surface area contributed by atoms with E-state index in [2.05, 4.69) is 20.0 Å². The van der Waals surface area contributed by atoms with Crippen molar-refractivity contribution in [3.8, 4) is 0 Å².